The maximum absolute atomic E-state index is 12.9. The van der Waals surface area contributed by atoms with Crippen molar-refractivity contribution < 1.29 is 13.3 Å². The Hall–Kier alpha value is -2.24. The van der Waals surface area contributed by atoms with Crippen molar-refractivity contribution in [3.05, 3.63) is 62.8 Å². The van der Waals surface area contributed by atoms with E-state index in [1.165, 1.54) is 28.6 Å². The molecule has 2 aromatic carbocycles. The average molecular weight is 470 g/mol. The molecule has 0 atom stereocenters. The van der Waals surface area contributed by atoms with E-state index in [1.54, 1.807) is 23.0 Å². The monoisotopic (exact) mass is 469 g/mol. The Morgan fingerprint density at radius 1 is 1.07 bits per heavy atom. The number of hydrogen-bond acceptors (Lipinski definition) is 6. The summed E-state index contributed by atoms with van der Waals surface area (Å²) in [7, 11) is -3.74. The largest absolute Gasteiger partial charge is 0.282 e. The SMILES string of the molecule is O=[N+]([O-])c1ccc2c(cnn2CN2CCN(S(=O)(=O)c3cc(Cl)ccc3Cl)CC2)c1. The number of nitrogens with zero attached hydrogens (tertiary/aromatic N) is 5. The first kappa shape index (κ1) is 21.0. The van der Waals surface area contributed by atoms with Crippen molar-refractivity contribution in [1.82, 2.24) is 19.0 Å². The Balaban J connectivity index is 1.46. The molecule has 4 rings (SSSR count). The van der Waals surface area contributed by atoms with Gasteiger partial charge in [-0.05, 0) is 24.3 Å². The van der Waals surface area contributed by atoms with Crippen LogP contribution in [-0.4, -0.2) is 58.5 Å². The van der Waals surface area contributed by atoms with Gasteiger partial charge in [-0.2, -0.15) is 9.40 Å². The van der Waals surface area contributed by atoms with Gasteiger partial charge in [0, 0.05) is 48.7 Å². The molecule has 1 fully saturated rings. The third-order valence-corrected chi connectivity index (χ3v) is 7.63. The van der Waals surface area contributed by atoms with Gasteiger partial charge in [-0.3, -0.25) is 19.7 Å². The van der Waals surface area contributed by atoms with Gasteiger partial charge in [0.25, 0.3) is 5.69 Å². The molecule has 0 aliphatic carbocycles. The van der Waals surface area contributed by atoms with E-state index in [2.05, 4.69) is 10.00 Å². The van der Waals surface area contributed by atoms with Crippen molar-refractivity contribution in [3.8, 4) is 0 Å². The van der Waals surface area contributed by atoms with Crippen LogP contribution in [0.15, 0.2) is 47.5 Å². The number of non-ortho nitro benzene ring substituents is 1. The number of sulfonamides is 1. The van der Waals surface area contributed by atoms with Gasteiger partial charge in [0.2, 0.25) is 10.0 Å². The molecule has 1 aromatic heterocycles. The zero-order chi connectivity index (χ0) is 21.5. The number of fused-ring (bicyclic) bond motifs is 1. The molecule has 30 heavy (non-hydrogen) atoms. The fourth-order valence-electron chi connectivity index (χ4n) is 3.42. The second kappa shape index (κ2) is 8.12. The van der Waals surface area contributed by atoms with E-state index in [9.17, 15) is 18.5 Å². The minimum atomic E-state index is -3.74. The zero-order valence-electron chi connectivity index (χ0n) is 15.6. The molecule has 0 N–H and O–H groups in total. The average Bonchev–Trinajstić information content (AvgIpc) is 3.12. The van der Waals surface area contributed by atoms with Crippen LogP contribution in [0.4, 0.5) is 5.69 Å². The van der Waals surface area contributed by atoms with Gasteiger partial charge in [0.1, 0.15) is 4.90 Å². The Morgan fingerprint density at radius 2 is 1.80 bits per heavy atom. The van der Waals surface area contributed by atoms with Crippen LogP contribution in [0.2, 0.25) is 10.0 Å². The summed E-state index contributed by atoms with van der Waals surface area (Å²) in [5.41, 5.74) is 0.793. The Kier molecular flexibility index (Phi) is 5.69. The Labute approximate surface area is 182 Å². The summed E-state index contributed by atoms with van der Waals surface area (Å²) >= 11 is 12.0. The van der Waals surface area contributed by atoms with E-state index < -0.39 is 14.9 Å². The molecule has 158 valence electrons. The first-order chi connectivity index (χ1) is 14.3. The molecule has 1 saturated heterocycles. The Morgan fingerprint density at radius 3 is 2.50 bits per heavy atom. The summed E-state index contributed by atoms with van der Waals surface area (Å²) in [6, 6.07) is 8.98. The minimum absolute atomic E-state index is 0.00443. The number of nitro benzene ring substituents is 1. The molecule has 1 aliphatic rings. The number of hydrogen-bond donors (Lipinski definition) is 0. The molecule has 9 nitrogen and oxygen atoms in total. The summed E-state index contributed by atoms with van der Waals surface area (Å²) in [4.78, 5) is 12.6. The number of benzene rings is 2. The summed E-state index contributed by atoms with van der Waals surface area (Å²) < 4.78 is 29.0. The van der Waals surface area contributed by atoms with Crippen molar-refractivity contribution in [3.63, 3.8) is 0 Å². The number of halogens is 2. The van der Waals surface area contributed by atoms with Crippen molar-refractivity contribution >= 4 is 49.8 Å². The topological polar surface area (TPSA) is 102 Å². The number of nitro groups is 1. The van der Waals surface area contributed by atoms with Crippen LogP contribution in [-0.2, 0) is 16.7 Å². The molecular weight excluding hydrogens is 453 g/mol. The zero-order valence-corrected chi connectivity index (χ0v) is 17.9. The molecule has 12 heteroatoms. The van der Waals surface area contributed by atoms with E-state index >= 15 is 0 Å². The van der Waals surface area contributed by atoms with E-state index in [4.69, 9.17) is 23.2 Å². The lowest BCUT2D eigenvalue weighted by atomic mass is 10.2. The summed E-state index contributed by atoms with van der Waals surface area (Å²) in [5.74, 6) is 0. The molecule has 0 spiro atoms. The van der Waals surface area contributed by atoms with E-state index in [-0.39, 0.29) is 15.6 Å². The maximum atomic E-state index is 12.9. The fourth-order valence-corrected chi connectivity index (χ4v) is 5.57. The van der Waals surface area contributed by atoms with Crippen LogP contribution in [0.25, 0.3) is 10.9 Å². The van der Waals surface area contributed by atoms with Crippen LogP contribution < -0.4 is 0 Å². The maximum Gasteiger partial charge on any atom is 0.270 e. The first-order valence-corrected chi connectivity index (χ1v) is 11.2. The van der Waals surface area contributed by atoms with Gasteiger partial charge in [-0.25, -0.2) is 8.42 Å². The van der Waals surface area contributed by atoms with E-state index in [1.807, 2.05) is 0 Å². The highest BCUT2D eigenvalue weighted by Gasteiger charge is 2.30. The highest BCUT2D eigenvalue weighted by Crippen LogP contribution is 2.28. The summed E-state index contributed by atoms with van der Waals surface area (Å²) in [5, 5.41) is 16.4. The predicted octanol–water partition coefficient (Wildman–Crippen LogP) is 3.22. The molecule has 0 bridgehead atoms. The molecule has 1 aliphatic heterocycles. The summed E-state index contributed by atoms with van der Waals surface area (Å²) in [6.45, 7) is 2.07. The van der Waals surface area contributed by atoms with E-state index in [0.717, 1.165) is 5.52 Å². The van der Waals surface area contributed by atoms with Crippen molar-refractivity contribution in [2.75, 3.05) is 26.2 Å². The second-order valence-electron chi connectivity index (χ2n) is 6.88. The van der Waals surface area contributed by atoms with Gasteiger partial charge in [0.05, 0.1) is 28.3 Å². The van der Waals surface area contributed by atoms with Crippen molar-refractivity contribution in [2.45, 2.75) is 11.6 Å². The third kappa shape index (κ3) is 4.01. The van der Waals surface area contributed by atoms with Crippen LogP contribution >= 0.6 is 23.2 Å². The fraction of sp³-hybridized carbons (Fsp3) is 0.278. The highest BCUT2D eigenvalue weighted by atomic mass is 35.5. The van der Waals surface area contributed by atoms with Gasteiger partial charge in [0.15, 0.2) is 0 Å². The van der Waals surface area contributed by atoms with Crippen LogP contribution in [0.1, 0.15) is 0 Å². The lowest BCUT2D eigenvalue weighted by molar-refractivity contribution is -0.384. The quantitative estimate of drug-likeness (QED) is 0.419. The van der Waals surface area contributed by atoms with Crippen LogP contribution in [0.3, 0.4) is 0 Å². The first-order valence-electron chi connectivity index (χ1n) is 9.03. The second-order valence-corrected chi connectivity index (χ2v) is 9.63. The lowest BCUT2D eigenvalue weighted by Crippen LogP contribution is -2.48. The van der Waals surface area contributed by atoms with Gasteiger partial charge in [-0.1, -0.05) is 23.2 Å². The van der Waals surface area contributed by atoms with Crippen molar-refractivity contribution in [2.24, 2.45) is 0 Å². The molecule has 2 heterocycles. The third-order valence-electron chi connectivity index (χ3n) is 5.01. The number of rotatable bonds is 5. The van der Waals surface area contributed by atoms with Gasteiger partial charge in [-0.15, -0.1) is 0 Å². The van der Waals surface area contributed by atoms with E-state index in [0.29, 0.717) is 43.3 Å². The molecule has 0 saturated carbocycles. The molecule has 0 amide bonds. The molecule has 0 unspecified atom stereocenters. The molecular formula is C18H17Cl2N5O4S. The van der Waals surface area contributed by atoms with Gasteiger partial charge < -0.3 is 0 Å². The molecule has 3 aromatic rings. The normalized spacial score (nSPS) is 16.2. The number of piperazine rings is 1. The minimum Gasteiger partial charge on any atom is -0.282 e. The number of aromatic nitrogens is 2. The standard InChI is InChI=1S/C18H17Cl2N5O4S/c19-14-1-3-16(20)18(10-14)30(28,29)23-7-5-22(6-8-23)12-24-17-4-2-15(25(26)27)9-13(17)11-21-24/h1-4,9-11H,5-8,12H2. The van der Waals surface area contributed by atoms with Crippen molar-refractivity contribution in [1.29, 1.82) is 0 Å². The van der Waals surface area contributed by atoms with Crippen LogP contribution in [0, 0.1) is 10.1 Å². The van der Waals surface area contributed by atoms with Crippen LogP contribution in [0.5, 0.6) is 0 Å². The smallest absolute Gasteiger partial charge is 0.270 e. The lowest BCUT2D eigenvalue weighted by Gasteiger charge is -2.34. The molecule has 0 radical (unpaired) electrons. The Bertz CT molecular complexity index is 1220. The summed E-state index contributed by atoms with van der Waals surface area (Å²) in [6.07, 6.45) is 1.59. The van der Waals surface area contributed by atoms with Gasteiger partial charge >= 0.3 is 0 Å². The highest BCUT2D eigenvalue weighted by molar-refractivity contribution is 7.89. The predicted molar refractivity (Wildman–Crippen MR) is 113 cm³/mol.